The fourth-order valence-electron chi connectivity index (χ4n) is 2.72. The molecule has 15 heavy (non-hydrogen) atoms. The van der Waals surface area contributed by atoms with Gasteiger partial charge in [-0.3, -0.25) is 0 Å². The normalized spacial score (nSPS) is 28.8. The maximum absolute atomic E-state index is 9.76. The van der Waals surface area contributed by atoms with E-state index in [-0.39, 0.29) is 0 Å². The molecule has 0 bridgehead atoms. The van der Waals surface area contributed by atoms with E-state index in [0.717, 1.165) is 31.1 Å². The van der Waals surface area contributed by atoms with Crippen LogP contribution in [0.5, 0.6) is 5.75 Å². The minimum absolute atomic E-state index is 0.386. The van der Waals surface area contributed by atoms with Crippen molar-refractivity contribution < 1.29 is 5.11 Å². The van der Waals surface area contributed by atoms with Gasteiger partial charge >= 0.3 is 0 Å². The molecule has 1 fully saturated rings. The van der Waals surface area contributed by atoms with Crippen LogP contribution in [0.15, 0.2) is 18.2 Å². The number of phenols is 1. The Morgan fingerprint density at radius 3 is 3.20 bits per heavy atom. The molecule has 2 aliphatic rings. The van der Waals surface area contributed by atoms with Crippen molar-refractivity contribution in [1.82, 2.24) is 5.32 Å². The summed E-state index contributed by atoms with van der Waals surface area (Å²) in [4.78, 5) is 0. The summed E-state index contributed by atoms with van der Waals surface area (Å²) in [5, 5.41) is 16.6. The number of hydrogen-bond donors (Lipinski definition) is 3. The molecule has 1 aromatic carbocycles. The molecule has 0 radical (unpaired) electrons. The Hall–Kier alpha value is -1.22. The maximum Gasteiger partial charge on any atom is 0.138 e. The highest BCUT2D eigenvalue weighted by Gasteiger charge is 2.30. The Bertz CT molecular complexity index is 378. The lowest BCUT2D eigenvalue weighted by molar-refractivity contribution is 0.329. The molecule has 80 valence electrons. The number of piperidine rings is 1. The molecule has 1 saturated heterocycles. The smallest absolute Gasteiger partial charge is 0.138 e. The van der Waals surface area contributed by atoms with Gasteiger partial charge in [-0.2, -0.15) is 0 Å². The van der Waals surface area contributed by atoms with Gasteiger partial charge in [-0.15, -0.1) is 0 Å². The van der Waals surface area contributed by atoms with Crippen LogP contribution in [-0.2, 0) is 6.42 Å². The molecule has 2 atom stereocenters. The second kappa shape index (κ2) is 3.42. The van der Waals surface area contributed by atoms with Gasteiger partial charge in [-0.05, 0) is 36.9 Å². The van der Waals surface area contributed by atoms with E-state index in [2.05, 4.69) is 16.7 Å². The summed E-state index contributed by atoms with van der Waals surface area (Å²) in [7, 11) is 0. The third kappa shape index (κ3) is 1.47. The molecule has 3 heteroatoms. The fraction of sp³-hybridized carbons (Fsp3) is 0.500. The lowest BCUT2D eigenvalue weighted by Crippen LogP contribution is -2.48. The van der Waals surface area contributed by atoms with Crippen LogP contribution in [0.1, 0.15) is 12.0 Å². The summed E-state index contributed by atoms with van der Waals surface area (Å²) in [6, 6.07) is 6.28. The first-order valence-corrected chi connectivity index (χ1v) is 5.63. The molecule has 0 aromatic heterocycles. The van der Waals surface area contributed by atoms with Crippen molar-refractivity contribution in [3.05, 3.63) is 23.8 Å². The lowest BCUT2D eigenvalue weighted by atomic mass is 9.83. The van der Waals surface area contributed by atoms with Crippen LogP contribution >= 0.6 is 0 Å². The Labute approximate surface area is 89.5 Å². The zero-order valence-electron chi connectivity index (χ0n) is 8.66. The highest BCUT2D eigenvalue weighted by atomic mass is 16.3. The molecule has 3 rings (SSSR count). The zero-order chi connectivity index (χ0) is 10.3. The van der Waals surface area contributed by atoms with E-state index in [1.165, 1.54) is 12.0 Å². The Kier molecular flexibility index (Phi) is 2.06. The number of rotatable bonds is 0. The molecule has 3 N–H and O–H groups in total. The first-order valence-electron chi connectivity index (χ1n) is 5.63. The quantitative estimate of drug-likeness (QED) is 0.559. The Morgan fingerprint density at radius 1 is 1.33 bits per heavy atom. The van der Waals surface area contributed by atoms with Crippen LogP contribution < -0.4 is 10.6 Å². The molecule has 0 spiro atoms. The van der Waals surface area contributed by atoms with Gasteiger partial charge in [-0.1, -0.05) is 12.1 Å². The number of para-hydroxylation sites is 1. The number of hydrogen-bond acceptors (Lipinski definition) is 3. The van der Waals surface area contributed by atoms with Crippen molar-refractivity contribution in [2.24, 2.45) is 5.92 Å². The summed E-state index contributed by atoms with van der Waals surface area (Å²) >= 11 is 0. The van der Waals surface area contributed by atoms with E-state index in [4.69, 9.17) is 0 Å². The minimum Gasteiger partial charge on any atom is -0.506 e. The average molecular weight is 204 g/mol. The van der Waals surface area contributed by atoms with Crippen LogP contribution in [0.3, 0.4) is 0 Å². The Morgan fingerprint density at radius 2 is 2.27 bits per heavy atom. The largest absolute Gasteiger partial charge is 0.506 e. The number of fused-ring (bicyclic) bond motifs is 2. The van der Waals surface area contributed by atoms with E-state index in [9.17, 15) is 5.11 Å². The third-order valence-corrected chi connectivity index (χ3v) is 3.57. The number of phenolic OH excluding ortho intramolecular Hbond substituents is 1. The van der Waals surface area contributed by atoms with E-state index >= 15 is 0 Å². The standard InChI is InChI=1S/C12H16N2O/c15-11-3-1-2-9-6-8-4-5-13-7-10(8)14-12(9)11/h1-3,8,10,13-15H,4-7H2. The van der Waals surface area contributed by atoms with Gasteiger partial charge in [0.2, 0.25) is 0 Å². The van der Waals surface area contributed by atoms with Crippen LogP contribution in [-0.4, -0.2) is 24.2 Å². The van der Waals surface area contributed by atoms with Crippen molar-refractivity contribution in [3.8, 4) is 5.75 Å². The molecule has 1 aromatic rings. The van der Waals surface area contributed by atoms with Gasteiger partial charge < -0.3 is 15.7 Å². The SMILES string of the molecule is Oc1cccc2c1NC1CNCCC1C2. The highest BCUT2D eigenvalue weighted by Crippen LogP contribution is 2.36. The summed E-state index contributed by atoms with van der Waals surface area (Å²) in [5.41, 5.74) is 2.21. The van der Waals surface area contributed by atoms with Crippen LogP contribution in [0, 0.1) is 5.92 Å². The van der Waals surface area contributed by atoms with Gasteiger partial charge in [0.05, 0.1) is 5.69 Å². The van der Waals surface area contributed by atoms with Crippen LogP contribution in [0.4, 0.5) is 5.69 Å². The molecular formula is C12H16N2O. The van der Waals surface area contributed by atoms with E-state index in [1.54, 1.807) is 6.07 Å². The topological polar surface area (TPSA) is 44.3 Å². The van der Waals surface area contributed by atoms with Gasteiger partial charge in [-0.25, -0.2) is 0 Å². The van der Waals surface area contributed by atoms with Crippen molar-refractivity contribution in [3.63, 3.8) is 0 Å². The van der Waals surface area contributed by atoms with E-state index in [0.29, 0.717) is 11.8 Å². The predicted octanol–water partition coefficient (Wildman–Crippen LogP) is 1.34. The first kappa shape index (κ1) is 9.04. The second-order valence-corrected chi connectivity index (χ2v) is 4.52. The van der Waals surface area contributed by atoms with Crippen molar-refractivity contribution in [2.45, 2.75) is 18.9 Å². The zero-order valence-corrected chi connectivity index (χ0v) is 8.66. The molecule has 0 amide bonds. The Balaban J connectivity index is 1.95. The van der Waals surface area contributed by atoms with Gasteiger partial charge in [0.15, 0.2) is 0 Å². The molecule has 2 aliphatic heterocycles. The van der Waals surface area contributed by atoms with E-state index < -0.39 is 0 Å². The van der Waals surface area contributed by atoms with E-state index in [1.807, 2.05) is 6.07 Å². The lowest BCUT2D eigenvalue weighted by Gasteiger charge is -2.38. The number of aromatic hydroxyl groups is 1. The van der Waals surface area contributed by atoms with Crippen molar-refractivity contribution in [1.29, 1.82) is 0 Å². The highest BCUT2D eigenvalue weighted by molar-refractivity contribution is 5.63. The van der Waals surface area contributed by atoms with Crippen molar-refractivity contribution in [2.75, 3.05) is 18.4 Å². The maximum atomic E-state index is 9.76. The number of nitrogens with one attached hydrogen (secondary N) is 2. The van der Waals surface area contributed by atoms with Crippen molar-refractivity contribution >= 4 is 5.69 Å². The molecule has 3 nitrogen and oxygen atoms in total. The average Bonchev–Trinajstić information content (AvgIpc) is 2.27. The van der Waals surface area contributed by atoms with Gasteiger partial charge in [0.1, 0.15) is 5.75 Å². The van der Waals surface area contributed by atoms with Crippen LogP contribution in [0.25, 0.3) is 0 Å². The summed E-state index contributed by atoms with van der Waals surface area (Å²) < 4.78 is 0. The summed E-state index contributed by atoms with van der Waals surface area (Å²) in [6.45, 7) is 2.13. The molecule has 0 aliphatic carbocycles. The number of anilines is 1. The fourth-order valence-corrected chi connectivity index (χ4v) is 2.72. The third-order valence-electron chi connectivity index (χ3n) is 3.57. The van der Waals surface area contributed by atoms with Gasteiger partial charge in [0.25, 0.3) is 0 Å². The molecule has 2 unspecified atom stereocenters. The van der Waals surface area contributed by atoms with Gasteiger partial charge in [0, 0.05) is 12.6 Å². The monoisotopic (exact) mass is 204 g/mol. The second-order valence-electron chi connectivity index (χ2n) is 4.52. The minimum atomic E-state index is 0.386. The first-order chi connectivity index (χ1) is 7.34. The summed E-state index contributed by atoms with van der Waals surface area (Å²) in [6.07, 6.45) is 2.33. The molecule has 0 saturated carbocycles. The molecular weight excluding hydrogens is 188 g/mol. The number of benzene rings is 1. The molecule has 2 heterocycles. The predicted molar refractivity (Wildman–Crippen MR) is 60.2 cm³/mol. The van der Waals surface area contributed by atoms with Crippen LogP contribution in [0.2, 0.25) is 0 Å². The summed E-state index contributed by atoms with van der Waals surface area (Å²) in [5.74, 6) is 1.11.